The third kappa shape index (κ3) is 6.35. The molecule has 118 valence electrons. The molecule has 0 aromatic heterocycles. The van der Waals surface area contributed by atoms with Crippen LogP contribution < -0.4 is 5.32 Å². The van der Waals surface area contributed by atoms with Crippen LogP contribution in [-0.2, 0) is 4.74 Å². The average molecular weight is 302 g/mol. The van der Waals surface area contributed by atoms with Gasteiger partial charge in [-0.15, -0.1) is 0 Å². The summed E-state index contributed by atoms with van der Waals surface area (Å²) in [6.07, 6.45) is 5.20. The van der Waals surface area contributed by atoms with Gasteiger partial charge in [0.05, 0.1) is 0 Å². The number of carbonyl (C=O) groups excluding carboxylic acids is 1. The Bertz CT molecular complexity index is 305. The van der Waals surface area contributed by atoms with E-state index >= 15 is 0 Å². The van der Waals surface area contributed by atoms with Crippen molar-refractivity contribution >= 4 is 17.9 Å². The van der Waals surface area contributed by atoms with E-state index < -0.39 is 5.60 Å². The Hall–Kier alpha value is -0.420. The number of carbonyl (C=O) groups is 1. The van der Waals surface area contributed by atoms with E-state index in [1.54, 1.807) is 0 Å². The van der Waals surface area contributed by atoms with Gasteiger partial charge >= 0.3 is 6.09 Å². The van der Waals surface area contributed by atoms with E-state index in [1.165, 1.54) is 12.2 Å². The van der Waals surface area contributed by atoms with Gasteiger partial charge in [0.25, 0.3) is 0 Å². The Morgan fingerprint density at radius 2 is 2.15 bits per heavy atom. The van der Waals surface area contributed by atoms with Gasteiger partial charge in [-0.1, -0.05) is 0 Å². The number of likely N-dealkylation sites (tertiary alicyclic amines) is 1. The lowest BCUT2D eigenvalue weighted by molar-refractivity contribution is 0.00941. The summed E-state index contributed by atoms with van der Waals surface area (Å²) in [5.41, 5.74) is -0.413. The summed E-state index contributed by atoms with van der Waals surface area (Å²) in [5, 5.41) is 3.60. The van der Waals surface area contributed by atoms with Gasteiger partial charge in [-0.25, -0.2) is 4.79 Å². The van der Waals surface area contributed by atoms with Crippen molar-refractivity contribution in [2.75, 3.05) is 25.1 Å². The molecule has 20 heavy (non-hydrogen) atoms. The summed E-state index contributed by atoms with van der Waals surface area (Å²) >= 11 is 1.89. The van der Waals surface area contributed by atoms with Crippen molar-refractivity contribution in [2.24, 2.45) is 0 Å². The summed E-state index contributed by atoms with van der Waals surface area (Å²) < 4.78 is 5.46. The van der Waals surface area contributed by atoms with Crippen molar-refractivity contribution in [2.45, 2.75) is 64.6 Å². The zero-order chi connectivity index (χ0) is 15.2. The molecule has 0 aromatic rings. The molecule has 4 nitrogen and oxygen atoms in total. The Kier molecular flexibility index (Phi) is 7.17. The third-order valence-corrected chi connectivity index (χ3v) is 4.16. The lowest BCUT2D eigenvalue weighted by Crippen LogP contribution is -2.51. The highest BCUT2D eigenvalue weighted by molar-refractivity contribution is 7.98. The standard InChI is InChI=1S/C15H30N2O2S/c1-12-11-13(16-8-6-10-20-5)7-9-17(12)14(18)19-15(2,3)4/h12-13,16H,6-11H2,1-5H3. The predicted octanol–water partition coefficient (Wildman–Crippen LogP) is 3.12. The summed E-state index contributed by atoms with van der Waals surface area (Å²) in [6.45, 7) is 9.71. The molecule has 1 N–H and O–H groups in total. The fraction of sp³-hybridized carbons (Fsp3) is 0.933. The number of thioether (sulfide) groups is 1. The van der Waals surface area contributed by atoms with Crippen LogP contribution in [0.5, 0.6) is 0 Å². The number of hydrogen-bond donors (Lipinski definition) is 1. The minimum Gasteiger partial charge on any atom is -0.444 e. The second-order valence-electron chi connectivity index (χ2n) is 6.54. The van der Waals surface area contributed by atoms with Gasteiger partial charge in [-0.2, -0.15) is 11.8 Å². The van der Waals surface area contributed by atoms with E-state index in [0.717, 1.165) is 25.9 Å². The molecule has 1 fully saturated rings. The maximum atomic E-state index is 12.1. The Labute approximate surface area is 128 Å². The molecule has 0 spiro atoms. The molecule has 1 amide bonds. The fourth-order valence-corrected chi connectivity index (χ4v) is 2.91. The van der Waals surface area contributed by atoms with Gasteiger partial charge in [0, 0.05) is 18.6 Å². The maximum Gasteiger partial charge on any atom is 0.410 e. The number of hydrogen-bond acceptors (Lipinski definition) is 4. The van der Waals surface area contributed by atoms with Gasteiger partial charge in [-0.05, 0) is 65.5 Å². The van der Waals surface area contributed by atoms with Crippen LogP contribution in [-0.4, -0.2) is 53.8 Å². The van der Waals surface area contributed by atoms with E-state index in [2.05, 4.69) is 18.5 Å². The molecule has 0 aliphatic carbocycles. The first-order chi connectivity index (χ1) is 9.33. The zero-order valence-electron chi connectivity index (χ0n) is 13.6. The summed E-state index contributed by atoms with van der Waals surface area (Å²) in [4.78, 5) is 14.0. The van der Waals surface area contributed by atoms with E-state index in [9.17, 15) is 4.79 Å². The highest BCUT2D eigenvalue weighted by atomic mass is 32.2. The van der Waals surface area contributed by atoms with Crippen LogP contribution in [0, 0.1) is 0 Å². The van der Waals surface area contributed by atoms with Gasteiger partial charge in [0.15, 0.2) is 0 Å². The van der Waals surface area contributed by atoms with Crippen molar-refractivity contribution in [1.29, 1.82) is 0 Å². The van der Waals surface area contributed by atoms with Gasteiger partial charge in [-0.3, -0.25) is 0 Å². The van der Waals surface area contributed by atoms with Crippen molar-refractivity contribution in [3.05, 3.63) is 0 Å². The minimum atomic E-state index is -0.413. The third-order valence-electron chi connectivity index (χ3n) is 3.46. The molecule has 2 atom stereocenters. The van der Waals surface area contributed by atoms with Crippen LogP contribution in [0.3, 0.4) is 0 Å². The van der Waals surface area contributed by atoms with Crippen molar-refractivity contribution in [1.82, 2.24) is 10.2 Å². The number of nitrogens with one attached hydrogen (secondary N) is 1. The monoisotopic (exact) mass is 302 g/mol. The molecular weight excluding hydrogens is 272 g/mol. The summed E-state index contributed by atoms with van der Waals surface area (Å²) in [6, 6.07) is 0.780. The molecule has 0 aromatic carbocycles. The second kappa shape index (κ2) is 8.13. The normalized spacial score (nSPS) is 23.8. The quantitative estimate of drug-likeness (QED) is 0.792. The average Bonchev–Trinajstić information content (AvgIpc) is 2.32. The lowest BCUT2D eigenvalue weighted by atomic mass is 9.98. The number of nitrogens with zero attached hydrogens (tertiary/aromatic N) is 1. The van der Waals surface area contributed by atoms with Crippen LogP contribution in [0.25, 0.3) is 0 Å². The first-order valence-electron chi connectivity index (χ1n) is 7.55. The predicted molar refractivity (Wildman–Crippen MR) is 86.4 cm³/mol. The minimum absolute atomic E-state index is 0.175. The first kappa shape index (κ1) is 17.6. The Morgan fingerprint density at radius 1 is 1.45 bits per heavy atom. The number of rotatable bonds is 5. The summed E-state index contributed by atoms with van der Waals surface area (Å²) in [7, 11) is 0. The molecule has 1 aliphatic heterocycles. The van der Waals surface area contributed by atoms with Crippen LogP contribution in [0.1, 0.15) is 47.0 Å². The molecule has 1 aliphatic rings. The van der Waals surface area contributed by atoms with E-state index in [4.69, 9.17) is 4.74 Å². The van der Waals surface area contributed by atoms with Crippen LogP contribution in [0.15, 0.2) is 0 Å². The van der Waals surface area contributed by atoms with Crippen molar-refractivity contribution in [3.63, 3.8) is 0 Å². The van der Waals surface area contributed by atoms with E-state index in [1.807, 2.05) is 37.4 Å². The van der Waals surface area contributed by atoms with Gasteiger partial charge < -0.3 is 15.0 Å². The fourth-order valence-electron chi connectivity index (χ4n) is 2.47. The molecule has 2 unspecified atom stereocenters. The number of amides is 1. The smallest absolute Gasteiger partial charge is 0.410 e. The number of ether oxygens (including phenoxy) is 1. The Balaban J connectivity index is 2.34. The molecular formula is C15H30N2O2S. The number of piperidine rings is 1. The SMILES string of the molecule is CSCCCNC1CCN(C(=O)OC(C)(C)C)C(C)C1. The summed E-state index contributed by atoms with van der Waals surface area (Å²) in [5.74, 6) is 1.21. The second-order valence-corrected chi connectivity index (χ2v) is 7.53. The molecule has 1 heterocycles. The topological polar surface area (TPSA) is 41.6 Å². The molecule has 0 radical (unpaired) electrons. The van der Waals surface area contributed by atoms with Crippen molar-refractivity contribution < 1.29 is 9.53 Å². The molecule has 0 bridgehead atoms. The lowest BCUT2D eigenvalue weighted by Gasteiger charge is -2.38. The Morgan fingerprint density at radius 3 is 2.70 bits per heavy atom. The van der Waals surface area contributed by atoms with Crippen LogP contribution >= 0.6 is 11.8 Å². The van der Waals surface area contributed by atoms with E-state index in [0.29, 0.717) is 6.04 Å². The first-order valence-corrected chi connectivity index (χ1v) is 8.95. The van der Waals surface area contributed by atoms with Gasteiger partial charge in [0.1, 0.15) is 5.60 Å². The van der Waals surface area contributed by atoms with E-state index in [-0.39, 0.29) is 12.1 Å². The molecule has 1 saturated heterocycles. The highest BCUT2D eigenvalue weighted by Gasteiger charge is 2.31. The largest absolute Gasteiger partial charge is 0.444 e. The van der Waals surface area contributed by atoms with Crippen LogP contribution in [0.2, 0.25) is 0 Å². The van der Waals surface area contributed by atoms with Gasteiger partial charge in [0.2, 0.25) is 0 Å². The molecule has 0 saturated carbocycles. The zero-order valence-corrected chi connectivity index (χ0v) is 14.4. The van der Waals surface area contributed by atoms with Crippen LogP contribution in [0.4, 0.5) is 4.79 Å². The highest BCUT2D eigenvalue weighted by Crippen LogP contribution is 2.20. The molecule has 1 rings (SSSR count). The van der Waals surface area contributed by atoms with Crippen molar-refractivity contribution in [3.8, 4) is 0 Å². The molecule has 5 heteroatoms. The maximum absolute atomic E-state index is 12.1.